The molecular weight excluding hydrogens is 259 g/mol. The molecule has 1 unspecified atom stereocenters. The predicted molar refractivity (Wildman–Crippen MR) is 69.1 cm³/mol. The maximum absolute atomic E-state index is 12.9. The molecular formula is C13H12ClFOS. The Bertz CT molecular complexity index is 484. The summed E-state index contributed by atoms with van der Waals surface area (Å²) in [4.78, 5) is 0. The summed E-state index contributed by atoms with van der Waals surface area (Å²) in [6.07, 6.45) is 0.625. The van der Waals surface area contributed by atoms with E-state index in [1.165, 1.54) is 6.07 Å². The van der Waals surface area contributed by atoms with Crippen LogP contribution < -0.4 is 0 Å². The van der Waals surface area contributed by atoms with Crippen LogP contribution in [-0.2, 0) is 12.8 Å². The number of aliphatic hydroxyl groups is 1. The predicted octanol–water partition coefficient (Wildman–Crippen LogP) is 3.69. The van der Waals surface area contributed by atoms with E-state index >= 15 is 0 Å². The molecule has 0 bridgehead atoms. The summed E-state index contributed by atoms with van der Waals surface area (Å²) < 4.78 is 12.9. The molecule has 4 heteroatoms. The Hall–Kier alpha value is -0.900. The van der Waals surface area contributed by atoms with E-state index in [0.717, 1.165) is 11.1 Å². The van der Waals surface area contributed by atoms with Gasteiger partial charge in [0.05, 0.1) is 11.1 Å². The van der Waals surface area contributed by atoms with Crippen molar-refractivity contribution in [3.63, 3.8) is 0 Å². The third-order valence-electron chi connectivity index (χ3n) is 2.51. The van der Waals surface area contributed by atoms with Gasteiger partial charge < -0.3 is 5.11 Å². The minimum Gasteiger partial charge on any atom is -0.392 e. The highest BCUT2D eigenvalue weighted by molar-refractivity contribution is 7.07. The van der Waals surface area contributed by atoms with Crippen LogP contribution in [0.4, 0.5) is 4.39 Å². The van der Waals surface area contributed by atoms with Gasteiger partial charge in [0, 0.05) is 0 Å². The first-order valence-electron chi connectivity index (χ1n) is 5.28. The van der Waals surface area contributed by atoms with Crippen LogP contribution in [0, 0.1) is 5.82 Å². The van der Waals surface area contributed by atoms with Crippen LogP contribution in [0.3, 0.4) is 0 Å². The quantitative estimate of drug-likeness (QED) is 0.898. The summed E-state index contributed by atoms with van der Waals surface area (Å²) in [6.45, 7) is 0. The number of benzene rings is 1. The largest absolute Gasteiger partial charge is 0.392 e. The number of thiophene rings is 1. The van der Waals surface area contributed by atoms with Crippen molar-refractivity contribution in [3.05, 3.63) is 57.0 Å². The van der Waals surface area contributed by atoms with Gasteiger partial charge in [-0.3, -0.25) is 0 Å². The molecule has 0 aliphatic rings. The maximum Gasteiger partial charge on any atom is 0.141 e. The number of hydrogen-bond donors (Lipinski definition) is 1. The van der Waals surface area contributed by atoms with Crippen molar-refractivity contribution in [1.82, 2.24) is 0 Å². The number of aliphatic hydroxyl groups excluding tert-OH is 1. The molecule has 1 nitrogen and oxygen atoms in total. The second-order valence-electron chi connectivity index (χ2n) is 3.94. The minimum absolute atomic E-state index is 0.102. The molecule has 2 rings (SSSR count). The Morgan fingerprint density at radius 1 is 1.24 bits per heavy atom. The van der Waals surface area contributed by atoms with Gasteiger partial charge in [0.2, 0.25) is 0 Å². The van der Waals surface area contributed by atoms with E-state index in [-0.39, 0.29) is 5.02 Å². The van der Waals surface area contributed by atoms with Crippen molar-refractivity contribution in [3.8, 4) is 0 Å². The first-order chi connectivity index (χ1) is 8.15. The summed E-state index contributed by atoms with van der Waals surface area (Å²) in [6, 6.07) is 6.53. The number of hydrogen-bond acceptors (Lipinski definition) is 2. The highest BCUT2D eigenvalue weighted by Crippen LogP contribution is 2.18. The molecule has 1 aromatic heterocycles. The molecule has 1 N–H and O–H groups in total. The van der Waals surface area contributed by atoms with Crippen LogP contribution in [0.1, 0.15) is 11.1 Å². The van der Waals surface area contributed by atoms with E-state index in [0.29, 0.717) is 12.8 Å². The van der Waals surface area contributed by atoms with Gasteiger partial charge in [0.1, 0.15) is 5.82 Å². The SMILES string of the molecule is OC(Cc1ccsc1)Cc1ccc(F)c(Cl)c1. The van der Waals surface area contributed by atoms with Crippen LogP contribution in [0.2, 0.25) is 5.02 Å². The van der Waals surface area contributed by atoms with Crippen LogP contribution in [0.15, 0.2) is 35.0 Å². The lowest BCUT2D eigenvalue weighted by atomic mass is 10.0. The lowest BCUT2D eigenvalue weighted by Crippen LogP contribution is -2.13. The van der Waals surface area contributed by atoms with Gasteiger partial charge >= 0.3 is 0 Å². The maximum atomic E-state index is 12.9. The molecule has 0 aliphatic heterocycles. The summed E-state index contributed by atoms with van der Waals surface area (Å²) in [7, 11) is 0. The van der Waals surface area contributed by atoms with E-state index in [2.05, 4.69) is 0 Å². The average Bonchev–Trinajstić information content (AvgIpc) is 2.76. The highest BCUT2D eigenvalue weighted by Gasteiger charge is 2.09. The van der Waals surface area contributed by atoms with Crippen molar-refractivity contribution < 1.29 is 9.50 Å². The van der Waals surface area contributed by atoms with Crippen LogP contribution in [-0.4, -0.2) is 11.2 Å². The van der Waals surface area contributed by atoms with Crippen molar-refractivity contribution in [2.75, 3.05) is 0 Å². The monoisotopic (exact) mass is 270 g/mol. The van der Waals surface area contributed by atoms with Gasteiger partial charge in [-0.05, 0) is 52.9 Å². The first-order valence-corrected chi connectivity index (χ1v) is 6.60. The normalized spacial score (nSPS) is 12.6. The van der Waals surface area contributed by atoms with E-state index in [9.17, 15) is 9.50 Å². The average molecular weight is 271 g/mol. The summed E-state index contributed by atoms with van der Waals surface area (Å²) in [5.74, 6) is -0.428. The van der Waals surface area contributed by atoms with Crippen LogP contribution in [0.25, 0.3) is 0 Å². The van der Waals surface area contributed by atoms with Gasteiger partial charge in [-0.1, -0.05) is 17.7 Å². The summed E-state index contributed by atoms with van der Waals surface area (Å²) in [5, 5.41) is 14.0. The van der Waals surface area contributed by atoms with Crippen molar-refractivity contribution in [1.29, 1.82) is 0 Å². The second kappa shape index (κ2) is 5.63. The van der Waals surface area contributed by atoms with E-state index in [1.54, 1.807) is 23.5 Å². The molecule has 1 heterocycles. The fourth-order valence-corrected chi connectivity index (χ4v) is 2.58. The minimum atomic E-state index is -0.467. The fraction of sp³-hybridized carbons (Fsp3) is 0.231. The molecule has 1 aromatic carbocycles. The lowest BCUT2D eigenvalue weighted by molar-refractivity contribution is 0.175. The third kappa shape index (κ3) is 3.53. The zero-order valence-corrected chi connectivity index (χ0v) is 10.6. The zero-order chi connectivity index (χ0) is 12.3. The molecule has 0 fully saturated rings. The second-order valence-corrected chi connectivity index (χ2v) is 5.13. The number of rotatable bonds is 4. The van der Waals surface area contributed by atoms with Gasteiger partial charge in [0.25, 0.3) is 0 Å². The molecule has 0 radical (unpaired) electrons. The van der Waals surface area contributed by atoms with Crippen molar-refractivity contribution >= 4 is 22.9 Å². The molecule has 1 atom stereocenters. The lowest BCUT2D eigenvalue weighted by Gasteiger charge is -2.10. The zero-order valence-electron chi connectivity index (χ0n) is 9.07. The van der Waals surface area contributed by atoms with Crippen molar-refractivity contribution in [2.24, 2.45) is 0 Å². The molecule has 0 saturated heterocycles. The highest BCUT2D eigenvalue weighted by atomic mass is 35.5. The van der Waals surface area contributed by atoms with E-state index in [1.807, 2.05) is 16.8 Å². The van der Waals surface area contributed by atoms with E-state index < -0.39 is 11.9 Å². The topological polar surface area (TPSA) is 20.2 Å². The molecule has 2 aromatic rings. The standard InChI is InChI=1S/C13H12ClFOS/c14-12-7-9(1-2-13(12)15)5-11(16)6-10-3-4-17-8-10/h1-4,7-8,11,16H,5-6H2. The fourth-order valence-electron chi connectivity index (χ4n) is 1.69. The number of halogens is 2. The third-order valence-corrected chi connectivity index (χ3v) is 3.53. The van der Waals surface area contributed by atoms with Gasteiger partial charge in [0.15, 0.2) is 0 Å². The molecule has 90 valence electrons. The van der Waals surface area contributed by atoms with Crippen molar-refractivity contribution in [2.45, 2.75) is 18.9 Å². The van der Waals surface area contributed by atoms with Gasteiger partial charge in [-0.15, -0.1) is 0 Å². The molecule has 0 aliphatic carbocycles. The Morgan fingerprint density at radius 2 is 2.00 bits per heavy atom. The first kappa shape index (κ1) is 12.6. The summed E-state index contributed by atoms with van der Waals surface area (Å²) >= 11 is 7.30. The molecule has 0 amide bonds. The van der Waals surface area contributed by atoms with E-state index in [4.69, 9.17) is 11.6 Å². The summed E-state index contributed by atoms with van der Waals surface area (Å²) in [5.41, 5.74) is 1.97. The Labute approximate surface area is 108 Å². The molecule has 0 saturated carbocycles. The van der Waals surface area contributed by atoms with Crippen LogP contribution >= 0.6 is 22.9 Å². The Morgan fingerprint density at radius 3 is 2.65 bits per heavy atom. The smallest absolute Gasteiger partial charge is 0.141 e. The Kier molecular flexibility index (Phi) is 4.15. The van der Waals surface area contributed by atoms with Crippen LogP contribution in [0.5, 0.6) is 0 Å². The van der Waals surface area contributed by atoms with Gasteiger partial charge in [-0.2, -0.15) is 11.3 Å². The molecule has 17 heavy (non-hydrogen) atoms. The Balaban J connectivity index is 1.98. The van der Waals surface area contributed by atoms with Gasteiger partial charge in [-0.25, -0.2) is 4.39 Å². The molecule has 0 spiro atoms.